The average Bonchev–Trinajstić information content (AvgIpc) is 3.37. The monoisotopic (exact) mass is 631 g/mol. The summed E-state index contributed by atoms with van der Waals surface area (Å²) in [5.74, 6) is -0.364. The molecule has 45 heavy (non-hydrogen) atoms. The number of hydrogen-bond acceptors (Lipinski definition) is 3. The molecular weight excluding hydrogens is 600 g/mol. The number of carbonyl (C=O) groups is 2. The molecule has 13 heteroatoms. The Hall–Kier alpha value is -4.81. The van der Waals surface area contributed by atoms with Gasteiger partial charge in [0.2, 0.25) is 5.91 Å². The molecule has 0 aliphatic carbocycles. The van der Waals surface area contributed by atoms with Crippen LogP contribution in [0.25, 0.3) is 5.69 Å². The van der Waals surface area contributed by atoms with Gasteiger partial charge in [-0.2, -0.15) is 31.4 Å². The van der Waals surface area contributed by atoms with E-state index in [0.717, 1.165) is 10.5 Å². The van der Waals surface area contributed by atoms with Crippen molar-refractivity contribution in [3.63, 3.8) is 0 Å². The summed E-state index contributed by atoms with van der Waals surface area (Å²) in [4.78, 5) is 27.7. The Morgan fingerprint density at radius 2 is 1.38 bits per heavy atom. The molecule has 0 bridgehead atoms. The number of hydrogen-bond donors (Lipinski definition) is 2. The second-order valence-corrected chi connectivity index (χ2v) is 11.5. The number of benzene rings is 3. The van der Waals surface area contributed by atoms with Gasteiger partial charge in [-0.05, 0) is 42.8 Å². The first-order valence-electron chi connectivity index (χ1n) is 13.8. The zero-order chi connectivity index (χ0) is 33.2. The number of amides is 3. The van der Waals surface area contributed by atoms with Crippen LogP contribution in [0.4, 0.5) is 42.6 Å². The van der Waals surface area contributed by atoms with Crippen LogP contribution in [-0.4, -0.2) is 33.2 Å². The summed E-state index contributed by atoms with van der Waals surface area (Å²) in [6.45, 7) is 7.01. The molecule has 0 radical (unpaired) electrons. The van der Waals surface area contributed by atoms with E-state index in [9.17, 15) is 35.9 Å². The van der Waals surface area contributed by atoms with Gasteiger partial charge in [0.05, 0.1) is 22.5 Å². The van der Waals surface area contributed by atoms with Crippen LogP contribution in [0.5, 0.6) is 0 Å². The van der Waals surface area contributed by atoms with Gasteiger partial charge in [0.1, 0.15) is 12.4 Å². The summed E-state index contributed by atoms with van der Waals surface area (Å²) in [6, 6.07) is 17.2. The van der Waals surface area contributed by atoms with E-state index in [1.54, 1.807) is 41.1 Å². The predicted molar refractivity (Wildman–Crippen MR) is 158 cm³/mol. The van der Waals surface area contributed by atoms with Gasteiger partial charge < -0.3 is 15.5 Å². The molecular formula is C32H31F6N5O2. The molecule has 7 nitrogen and oxygen atoms in total. The highest BCUT2D eigenvalue weighted by Crippen LogP contribution is 2.37. The van der Waals surface area contributed by atoms with Crippen LogP contribution in [0.2, 0.25) is 0 Å². The number of alkyl halides is 6. The molecule has 0 saturated carbocycles. The molecule has 0 spiro atoms. The van der Waals surface area contributed by atoms with Crippen LogP contribution >= 0.6 is 0 Å². The normalized spacial score (nSPS) is 12.1. The van der Waals surface area contributed by atoms with Crippen LogP contribution in [0.3, 0.4) is 0 Å². The van der Waals surface area contributed by atoms with Crippen molar-refractivity contribution in [3.8, 4) is 5.69 Å². The molecule has 3 aromatic carbocycles. The maximum atomic E-state index is 13.4. The van der Waals surface area contributed by atoms with E-state index in [-0.39, 0.29) is 18.0 Å². The molecule has 0 aliphatic rings. The van der Waals surface area contributed by atoms with Crippen LogP contribution in [0, 0.1) is 6.92 Å². The Morgan fingerprint density at radius 3 is 1.91 bits per heavy atom. The van der Waals surface area contributed by atoms with Crippen molar-refractivity contribution in [3.05, 3.63) is 107 Å². The maximum Gasteiger partial charge on any atom is 0.416 e. The fraction of sp³-hybridized carbons (Fsp3) is 0.281. The van der Waals surface area contributed by atoms with E-state index in [2.05, 4.69) is 15.7 Å². The van der Waals surface area contributed by atoms with E-state index in [1.807, 2.05) is 52.0 Å². The summed E-state index contributed by atoms with van der Waals surface area (Å²) in [5.41, 5.74) is -1.36. The molecule has 3 amide bonds. The lowest BCUT2D eigenvalue weighted by Gasteiger charge is -2.23. The van der Waals surface area contributed by atoms with Crippen molar-refractivity contribution in [2.45, 2.75) is 52.0 Å². The first kappa shape index (κ1) is 33.1. The topological polar surface area (TPSA) is 79.3 Å². The lowest BCUT2D eigenvalue weighted by atomic mass is 9.92. The number of aromatic nitrogens is 2. The van der Waals surface area contributed by atoms with Gasteiger partial charge in [-0.1, -0.05) is 68.8 Å². The highest BCUT2D eigenvalue weighted by molar-refractivity contribution is 5.97. The smallest absolute Gasteiger partial charge is 0.311 e. The molecule has 2 N–H and O–H groups in total. The van der Waals surface area contributed by atoms with Crippen LogP contribution < -0.4 is 10.6 Å². The minimum Gasteiger partial charge on any atom is -0.311 e. The molecule has 238 valence electrons. The van der Waals surface area contributed by atoms with Crippen molar-refractivity contribution in [1.29, 1.82) is 0 Å². The van der Waals surface area contributed by atoms with Crippen LogP contribution in [-0.2, 0) is 29.1 Å². The second-order valence-electron chi connectivity index (χ2n) is 11.5. The number of aryl methyl sites for hydroxylation is 1. The van der Waals surface area contributed by atoms with Crippen molar-refractivity contribution in [2.75, 3.05) is 17.2 Å². The van der Waals surface area contributed by atoms with Gasteiger partial charge >= 0.3 is 18.4 Å². The highest BCUT2D eigenvalue weighted by Gasteiger charge is 2.37. The number of anilines is 2. The Bertz CT molecular complexity index is 1620. The lowest BCUT2D eigenvalue weighted by Crippen LogP contribution is -2.40. The van der Waals surface area contributed by atoms with E-state index >= 15 is 0 Å². The molecule has 0 aliphatic heterocycles. The lowest BCUT2D eigenvalue weighted by molar-refractivity contribution is -0.143. The molecule has 4 rings (SSSR count). The third kappa shape index (κ3) is 8.64. The number of nitrogens with one attached hydrogen (secondary N) is 2. The van der Waals surface area contributed by atoms with Crippen LogP contribution in [0.1, 0.15) is 48.7 Å². The quantitative estimate of drug-likeness (QED) is 0.202. The molecule has 0 atom stereocenters. The summed E-state index contributed by atoms with van der Waals surface area (Å²) in [6.07, 6.45) is -10.2. The Balaban J connectivity index is 1.64. The Kier molecular flexibility index (Phi) is 9.31. The number of carbonyl (C=O) groups excluding carboxylic acids is 2. The van der Waals surface area contributed by atoms with E-state index in [1.165, 1.54) is 0 Å². The van der Waals surface area contributed by atoms with Crippen molar-refractivity contribution >= 4 is 23.4 Å². The SMILES string of the molecule is Cc1ccc(-n2nc(C(C)(C)C)cc2NC(=O)CN(Cc2ccccc2)C(=O)Nc2cc(C(F)(F)F)cc(C(F)(F)F)c2)cc1. The standard InChI is InChI=1S/C32H31F6N5O2/c1-20-10-12-25(13-11-20)43-27(17-26(41-43)30(2,3)4)40-28(44)19-42(18-21-8-6-5-7-9-21)29(45)39-24-15-22(31(33,34)35)14-23(16-24)32(36,37)38/h5-17H,18-19H2,1-4H3,(H,39,45)(H,40,44). The van der Waals surface area contributed by atoms with E-state index in [0.29, 0.717) is 34.9 Å². The van der Waals surface area contributed by atoms with E-state index in [4.69, 9.17) is 0 Å². The molecule has 1 heterocycles. The van der Waals surface area contributed by atoms with E-state index < -0.39 is 47.6 Å². The molecule has 0 fully saturated rings. The summed E-state index contributed by atoms with van der Waals surface area (Å²) >= 11 is 0. The zero-order valence-corrected chi connectivity index (χ0v) is 24.8. The van der Waals surface area contributed by atoms with Crippen molar-refractivity contribution in [2.24, 2.45) is 0 Å². The molecule has 0 unspecified atom stereocenters. The first-order chi connectivity index (χ1) is 20.9. The summed E-state index contributed by atoms with van der Waals surface area (Å²) < 4.78 is 81.9. The van der Waals surface area contributed by atoms with Gasteiger partial charge in [0.25, 0.3) is 0 Å². The third-order valence-electron chi connectivity index (χ3n) is 6.70. The van der Waals surface area contributed by atoms with Gasteiger partial charge in [0.15, 0.2) is 0 Å². The molecule has 4 aromatic rings. The van der Waals surface area contributed by atoms with Gasteiger partial charge in [-0.3, -0.25) is 4.79 Å². The minimum atomic E-state index is -5.10. The maximum absolute atomic E-state index is 13.4. The number of nitrogens with zero attached hydrogens (tertiary/aromatic N) is 3. The number of rotatable bonds is 7. The largest absolute Gasteiger partial charge is 0.416 e. The summed E-state index contributed by atoms with van der Waals surface area (Å²) in [7, 11) is 0. The Morgan fingerprint density at radius 1 is 0.800 bits per heavy atom. The highest BCUT2D eigenvalue weighted by atomic mass is 19.4. The van der Waals surface area contributed by atoms with Gasteiger partial charge in [-0.15, -0.1) is 0 Å². The van der Waals surface area contributed by atoms with Gasteiger partial charge in [0, 0.05) is 23.7 Å². The minimum absolute atomic E-state index is 0.0338. The summed E-state index contributed by atoms with van der Waals surface area (Å²) in [5, 5.41) is 9.52. The fourth-order valence-corrected chi connectivity index (χ4v) is 4.31. The predicted octanol–water partition coefficient (Wildman–Crippen LogP) is 8.19. The average molecular weight is 632 g/mol. The third-order valence-corrected chi connectivity index (χ3v) is 6.70. The fourth-order valence-electron chi connectivity index (χ4n) is 4.31. The van der Waals surface area contributed by atoms with Crippen LogP contribution in [0.15, 0.2) is 78.9 Å². The number of halogens is 6. The van der Waals surface area contributed by atoms with Crippen molar-refractivity contribution in [1.82, 2.24) is 14.7 Å². The van der Waals surface area contributed by atoms with Gasteiger partial charge in [-0.25, -0.2) is 9.48 Å². The molecule has 0 saturated heterocycles. The molecule has 1 aromatic heterocycles. The number of urea groups is 1. The zero-order valence-electron chi connectivity index (χ0n) is 24.8. The second kappa shape index (κ2) is 12.7. The first-order valence-corrected chi connectivity index (χ1v) is 13.8. The van der Waals surface area contributed by atoms with Crippen molar-refractivity contribution < 1.29 is 35.9 Å². The Labute approximate surface area is 255 Å².